The Morgan fingerprint density at radius 1 is 1.41 bits per heavy atom. The zero-order chi connectivity index (χ0) is 16.5. The molecule has 6 nitrogen and oxygen atoms in total. The minimum absolute atomic E-state index is 0.124. The zero-order valence-electron chi connectivity index (χ0n) is 14.1. The molecule has 2 heterocycles. The van der Waals surface area contributed by atoms with Crippen LogP contribution in [0.3, 0.4) is 0 Å². The van der Waals surface area contributed by atoms with E-state index in [1.807, 2.05) is 41.5 Å². The Kier molecular flexibility index (Phi) is 4.39. The van der Waals surface area contributed by atoms with Crippen LogP contribution in [0.15, 0.2) is 10.7 Å². The van der Waals surface area contributed by atoms with Gasteiger partial charge >= 0.3 is 0 Å². The molecule has 2 N–H and O–H groups in total. The Balaban J connectivity index is 2.26. The highest BCUT2D eigenvalue weighted by Gasteiger charge is 2.27. The highest BCUT2D eigenvalue weighted by Crippen LogP contribution is 2.26. The third kappa shape index (κ3) is 3.05. The molecule has 2 rings (SSSR count). The molecule has 0 aliphatic rings. The summed E-state index contributed by atoms with van der Waals surface area (Å²) in [6.07, 6.45) is 2.34. The second-order valence-corrected chi connectivity index (χ2v) is 6.58. The van der Waals surface area contributed by atoms with Crippen molar-refractivity contribution >= 4 is 5.91 Å². The maximum absolute atomic E-state index is 12.6. The number of rotatable bonds is 4. The molecule has 1 atom stereocenters. The predicted molar refractivity (Wildman–Crippen MR) is 83.8 cm³/mol. The number of nitrogens with one attached hydrogen (secondary N) is 2. The number of carbonyl (C=O) groups excluding carboxylic acids is 1. The summed E-state index contributed by atoms with van der Waals surface area (Å²) in [6, 6.07) is -0.124. The molecule has 120 valence electrons. The number of H-pyrrole nitrogens is 1. The zero-order valence-corrected chi connectivity index (χ0v) is 14.1. The Morgan fingerprint density at radius 2 is 2.09 bits per heavy atom. The molecule has 0 aliphatic heterocycles. The van der Waals surface area contributed by atoms with Gasteiger partial charge in [0, 0.05) is 11.0 Å². The molecular formula is C16H24N4O2. The molecule has 22 heavy (non-hydrogen) atoms. The molecule has 1 amide bonds. The molecule has 0 radical (unpaired) electrons. The summed E-state index contributed by atoms with van der Waals surface area (Å²) in [4.78, 5) is 12.6. The van der Waals surface area contributed by atoms with Crippen molar-refractivity contribution in [3.05, 3.63) is 34.5 Å². The first-order valence-corrected chi connectivity index (χ1v) is 7.53. The largest absolute Gasteiger partial charge is 0.361 e. The number of aromatic nitrogens is 3. The van der Waals surface area contributed by atoms with Crippen molar-refractivity contribution in [2.45, 2.75) is 59.4 Å². The van der Waals surface area contributed by atoms with Crippen LogP contribution in [-0.2, 0) is 5.41 Å². The van der Waals surface area contributed by atoms with E-state index in [0.717, 1.165) is 29.1 Å². The van der Waals surface area contributed by atoms with Crippen LogP contribution in [0.25, 0.3) is 0 Å². The SMILES string of the molecule is CCC(NC(=O)c1cn[nH]c1C(C)(C)C)c1c(C)noc1C. The Morgan fingerprint density at radius 3 is 2.59 bits per heavy atom. The van der Waals surface area contributed by atoms with E-state index >= 15 is 0 Å². The molecule has 0 bridgehead atoms. The third-order valence-electron chi connectivity index (χ3n) is 3.78. The van der Waals surface area contributed by atoms with Crippen LogP contribution in [0.5, 0.6) is 0 Å². The second-order valence-electron chi connectivity index (χ2n) is 6.58. The Hall–Kier alpha value is -2.11. The summed E-state index contributed by atoms with van der Waals surface area (Å²) in [5.74, 6) is 0.610. The van der Waals surface area contributed by atoms with E-state index in [1.54, 1.807) is 6.20 Å². The maximum Gasteiger partial charge on any atom is 0.255 e. The topological polar surface area (TPSA) is 83.8 Å². The Bertz CT molecular complexity index is 644. The van der Waals surface area contributed by atoms with E-state index < -0.39 is 0 Å². The van der Waals surface area contributed by atoms with Crippen LogP contribution in [0.1, 0.15) is 73.2 Å². The second kappa shape index (κ2) is 5.94. The van der Waals surface area contributed by atoms with Crippen molar-refractivity contribution in [1.29, 1.82) is 0 Å². The molecule has 2 aromatic rings. The van der Waals surface area contributed by atoms with Gasteiger partial charge in [0.05, 0.1) is 29.2 Å². The van der Waals surface area contributed by atoms with Crippen LogP contribution in [-0.4, -0.2) is 21.3 Å². The van der Waals surface area contributed by atoms with Crippen LogP contribution < -0.4 is 5.32 Å². The fourth-order valence-corrected chi connectivity index (χ4v) is 2.63. The molecule has 0 fully saturated rings. The van der Waals surface area contributed by atoms with Crippen LogP contribution in [0.2, 0.25) is 0 Å². The minimum atomic E-state index is -0.173. The maximum atomic E-state index is 12.6. The smallest absolute Gasteiger partial charge is 0.255 e. The number of carbonyl (C=O) groups is 1. The summed E-state index contributed by atoms with van der Waals surface area (Å²) >= 11 is 0. The highest BCUT2D eigenvalue weighted by molar-refractivity contribution is 5.95. The summed E-state index contributed by atoms with van der Waals surface area (Å²) in [6.45, 7) is 11.9. The summed E-state index contributed by atoms with van der Waals surface area (Å²) in [5.41, 5.74) is 3.01. The van der Waals surface area contributed by atoms with E-state index in [0.29, 0.717) is 5.56 Å². The van der Waals surface area contributed by atoms with E-state index in [2.05, 4.69) is 20.7 Å². The first kappa shape index (κ1) is 16.3. The van der Waals surface area contributed by atoms with Crippen molar-refractivity contribution < 1.29 is 9.32 Å². The molecule has 0 aliphatic carbocycles. The average molecular weight is 304 g/mol. The summed E-state index contributed by atoms with van der Waals surface area (Å²) in [5, 5.41) is 14.0. The van der Waals surface area contributed by atoms with Gasteiger partial charge in [-0.1, -0.05) is 32.9 Å². The molecule has 6 heteroatoms. The molecule has 0 spiro atoms. The van der Waals surface area contributed by atoms with Gasteiger partial charge in [0.25, 0.3) is 5.91 Å². The van der Waals surface area contributed by atoms with Gasteiger partial charge in [-0.25, -0.2) is 0 Å². The lowest BCUT2D eigenvalue weighted by Crippen LogP contribution is -2.30. The summed E-state index contributed by atoms with van der Waals surface area (Å²) in [7, 11) is 0. The van der Waals surface area contributed by atoms with E-state index in [4.69, 9.17) is 4.52 Å². The number of amides is 1. The summed E-state index contributed by atoms with van der Waals surface area (Å²) < 4.78 is 5.21. The monoisotopic (exact) mass is 304 g/mol. The van der Waals surface area contributed by atoms with Crippen LogP contribution in [0, 0.1) is 13.8 Å². The minimum Gasteiger partial charge on any atom is -0.361 e. The van der Waals surface area contributed by atoms with Gasteiger partial charge in [-0.15, -0.1) is 0 Å². The normalized spacial score (nSPS) is 13.2. The molecule has 2 aromatic heterocycles. The van der Waals surface area contributed by atoms with Crippen molar-refractivity contribution in [2.24, 2.45) is 0 Å². The van der Waals surface area contributed by atoms with E-state index in [1.165, 1.54) is 0 Å². The van der Waals surface area contributed by atoms with Gasteiger partial charge in [-0.05, 0) is 20.3 Å². The first-order chi connectivity index (χ1) is 10.3. The van der Waals surface area contributed by atoms with Gasteiger partial charge in [-0.2, -0.15) is 5.10 Å². The van der Waals surface area contributed by atoms with Crippen molar-refractivity contribution in [2.75, 3.05) is 0 Å². The van der Waals surface area contributed by atoms with Gasteiger partial charge in [0.15, 0.2) is 0 Å². The van der Waals surface area contributed by atoms with E-state index in [-0.39, 0.29) is 17.4 Å². The third-order valence-corrected chi connectivity index (χ3v) is 3.78. The van der Waals surface area contributed by atoms with Gasteiger partial charge < -0.3 is 9.84 Å². The highest BCUT2D eigenvalue weighted by atomic mass is 16.5. The van der Waals surface area contributed by atoms with Gasteiger partial charge in [0.2, 0.25) is 0 Å². The van der Waals surface area contributed by atoms with Crippen molar-refractivity contribution in [3.63, 3.8) is 0 Å². The molecular weight excluding hydrogens is 280 g/mol. The lowest BCUT2D eigenvalue weighted by Gasteiger charge is -2.20. The number of hydrogen-bond acceptors (Lipinski definition) is 4. The molecule has 0 saturated heterocycles. The van der Waals surface area contributed by atoms with Crippen molar-refractivity contribution in [3.8, 4) is 0 Å². The lowest BCUT2D eigenvalue weighted by molar-refractivity contribution is 0.0933. The fourth-order valence-electron chi connectivity index (χ4n) is 2.63. The molecule has 0 aromatic carbocycles. The number of aryl methyl sites for hydroxylation is 2. The number of aromatic amines is 1. The van der Waals surface area contributed by atoms with Gasteiger partial charge in [0.1, 0.15) is 5.76 Å². The standard InChI is InChI=1S/C16H24N4O2/c1-7-12(13-9(2)20-22-10(13)3)18-15(21)11-8-17-19-14(11)16(4,5)6/h8,12H,7H2,1-6H3,(H,17,19)(H,18,21). The Labute approximate surface area is 130 Å². The average Bonchev–Trinajstić information content (AvgIpc) is 3.03. The van der Waals surface area contributed by atoms with Gasteiger partial charge in [-0.3, -0.25) is 9.89 Å². The molecule has 1 unspecified atom stereocenters. The fraction of sp³-hybridized carbons (Fsp3) is 0.562. The lowest BCUT2D eigenvalue weighted by atomic mass is 9.89. The predicted octanol–water partition coefficient (Wildman–Crippen LogP) is 3.19. The number of nitrogens with zero attached hydrogens (tertiary/aromatic N) is 2. The number of hydrogen-bond donors (Lipinski definition) is 2. The first-order valence-electron chi connectivity index (χ1n) is 7.53. The van der Waals surface area contributed by atoms with Crippen LogP contribution >= 0.6 is 0 Å². The van der Waals surface area contributed by atoms with Crippen molar-refractivity contribution in [1.82, 2.24) is 20.7 Å². The van der Waals surface area contributed by atoms with Crippen LogP contribution in [0.4, 0.5) is 0 Å². The quantitative estimate of drug-likeness (QED) is 0.908. The molecule has 0 saturated carbocycles. The van der Waals surface area contributed by atoms with E-state index in [9.17, 15) is 4.79 Å².